The molecule has 1 amide bonds. The first-order chi connectivity index (χ1) is 11.6. The Morgan fingerprint density at radius 3 is 3.00 bits per heavy atom. The number of ether oxygens (including phenoxy) is 1. The number of benzene rings is 1. The second-order valence-electron chi connectivity index (χ2n) is 6.06. The number of aryl methyl sites for hydroxylation is 1. The zero-order valence-electron chi connectivity index (χ0n) is 14.3. The van der Waals surface area contributed by atoms with Crippen LogP contribution in [0.25, 0.3) is 0 Å². The number of hydrogen-bond acceptors (Lipinski definition) is 5. The molecule has 0 bridgehead atoms. The molecule has 1 aliphatic heterocycles. The molecular weight excluding hydrogens is 322 g/mol. The number of hydrogen-bond donors (Lipinski definition) is 1. The largest absolute Gasteiger partial charge is 0.497 e. The molecule has 0 spiro atoms. The Balaban J connectivity index is 1.72. The number of methoxy groups -OCH3 is 1. The Hall–Kier alpha value is -1.92. The molecule has 2 heterocycles. The molecule has 1 N–H and O–H groups in total. The van der Waals surface area contributed by atoms with Crippen LogP contribution in [0.1, 0.15) is 35.7 Å². The van der Waals surface area contributed by atoms with Crippen molar-refractivity contribution in [1.82, 2.24) is 10.3 Å². The SMILES string of the molecule is COc1cccc(N2CCC[C@@H](N[C@H](C)c3cnc(C)s3)C2=O)c1. The number of amides is 1. The van der Waals surface area contributed by atoms with Gasteiger partial charge >= 0.3 is 0 Å². The van der Waals surface area contributed by atoms with Crippen molar-refractivity contribution in [3.05, 3.63) is 40.3 Å². The lowest BCUT2D eigenvalue weighted by Gasteiger charge is -2.34. The van der Waals surface area contributed by atoms with Crippen molar-refractivity contribution in [1.29, 1.82) is 0 Å². The van der Waals surface area contributed by atoms with Gasteiger partial charge in [-0.3, -0.25) is 10.1 Å². The fourth-order valence-electron chi connectivity index (χ4n) is 3.03. The summed E-state index contributed by atoms with van der Waals surface area (Å²) in [6.07, 6.45) is 3.74. The van der Waals surface area contributed by atoms with Crippen LogP contribution in [0, 0.1) is 6.92 Å². The Bertz CT molecular complexity index is 716. The number of rotatable bonds is 5. The van der Waals surface area contributed by atoms with Crippen LogP contribution >= 0.6 is 11.3 Å². The normalized spacial score (nSPS) is 19.4. The van der Waals surface area contributed by atoms with E-state index in [0.29, 0.717) is 0 Å². The van der Waals surface area contributed by atoms with Gasteiger partial charge in [0.25, 0.3) is 0 Å². The number of carbonyl (C=O) groups excluding carboxylic acids is 1. The summed E-state index contributed by atoms with van der Waals surface area (Å²) < 4.78 is 5.27. The second-order valence-corrected chi connectivity index (χ2v) is 7.32. The maximum Gasteiger partial charge on any atom is 0.244 e. The van der Waals surface area contributed by atoms with Gasteiger partial charge in [0, 0.05) is 35.4 Å². The highest BCUT2D eigenvalue weighted by Crippen LogP contribution is 2.27. The summed E-state index contributed by atoms with van der Waals surface area (Å²) in [4.78, 5) is 20.2. The van der Waals surface area contributed by atoms with Crippen LogP contribution in [0.3, 0.4) is 0 Å². The smallest absolute Gasteiger partial charge is 0.244 e. The average Bonchev–Trinajstić information content (AvgIpc) is 3.03. The van der Waals surface area contributed by atoms with Crippen LogP contribution in [0.15, 0.2) is 30.5 Å². The first kappa shape index (κ1) is 16.9. The van der Waals surface area contributed by atoms with Gasteiger partial charge in [0.05, 0.1) is 18.2 Å². The Morgan fingerprint density at radius 1 is 1.46 bits per heavy atom. The van der Waals surface area contributed by atoms with E-state index in [9.17, 15) is 4.79 Å². The standard InChI is InChI=1S/C18H23N3O2S/c1-12(17-11-19-13(2)24-17)20-16-8-5-9-21(18(16)22)14-6-4-7-15(10-14)23-3/h4,6-7,10-12,16,20H,5,8-9H2,1-3H3/t12-,16-/m1/s1. The third-order valence-electron chi connectivity index (χ3n) is 4.32. The van der Waals surface area contributed by atoms with E-state index in [4.69, 9.17) is 4.74 Å². The lowest BCUT2D eigenvalue weighted by molar-refractivity contribution is -0.122. The fourth-order valence-corrected chi connectivity index (χ4v) is 3.82. The Labute approximate surface area is 146 Å². The maximum atomic E-state index is 12.9. The summed E-state index contributed by atoms with van der Waals surface area (Å²) in [5.41, 5.74) is 0.895. The van der Waals surface area contributed by atoms with Gasteiger partial charge in [-0.25, -0.2) is 4.98 Å². The number of nitrogens with zero attached hydrogens (tertiary/aromatic N) is 2. The third kappa shape index (κ3) is 3.60. The number of carbonyl (C=O) groups is 1. The molecule has 1 saturated heterocycles. The number of nitrogens with one attached hydrogen (secondary N) is 1. The van der Waals surface area contributed by atoms with Crippen molar-refractivity contribution >= 4 is 22.9 Å². The third-order valence-corrected chi connectivity index (χ3v) is 5.42. The Morgan fingerprint density at radius 2 is 2.29 bits per heavy atom. The van der Waals surface area contributed by atoms with Crippen molar-refractivity contribution in [3.8, 4) is 5.75 Å². The van der Waals surface area contributed by atoms with Gasteiger partial charge in [-0.05, 0) is 38.8 Å². The van der Waals surface area contributed by atoms with Crippen LogP contribution < -0.4 is 15.0 Å². The highest BCUT2D eigenvalue weighted by Gasteiger charge is 2.31. The monoisotopic (exact) mass is 345 g/mol. The van der Waals surface area contributed by atoms with Gasteiger partial charge in [-0.15, -0.1) is 11.3 Å². The summed E-state index contributed by atoms with van der Waals surface area (Å²) >= 11 is 1.67. The van der Waals surface area contributed by atoms with Gasteiger partial charge in [-0.1, -0.05) is 6.07 Å². The first-order valence-corrected chi connectivity index (χ1v) is 9.04. The molecular formula is C18H23N3O2S. The lowest BCUT2D eigenvalue weighted by Crippen LogP contribution is -2.51. The maximum absolute atomic E-state index is 12.9. The minimum Gasteiger partial charge on any atom is -0.497 e. The molecule has 0 radical (unpaired) electrons. The van der Waals surface area contributed by atoms with Crippen LogP contribution in [-0.4, -0.2) is 30.6 Å². The second kappa shape index (κ2) is 7.32. The van der Waals surface area contributed by atoms with Crippen molar-refractivity contribution in [2.24, 2.45) is 0 Å². The topological polar surface area (TPSA) is 54.5 Å². The van der Waals surface area contributed by atoms with Crippen LogP contribution in [0.2, 0.25) is 0 Å². The quantitative estimate of drug-likeness (QED) is 0.903. The zero-order chi connectivity index (χ0) is 17.1. The number of aromatic nitrogens is 1. The van der Waals surface area contributed by atoms with Gasteiger partial charge in [0.15, 0.2) is 0 Å². The molecule has 0 unspecified atom stereocenters. The van der Waals surface area contributed by atoms with Gasteiger partial charge in [0.1, 0.15) is 5.75 Å². The zero-order valence-corrected chi connectivity index (χ0v) is 15.1. The van der Waals surface area contributed by atoms with E-state index in [2.05, 4.69) is 17.2 Å². The van der Waals surface area contributed by atoms with Gasteiger partial charge < -0.3 is 9.64 Å². The summed E-state index contributed by atoms with van der Waals surface area (Å²) in [6, 6.07) is 7.63. The minimum absolute atomic E-state index is 0.121. The fraction of sp³-hybridized carbons (Fsp3) is 0.444. The molecule has 5 nitrogen and oxygen atoms in total. The number of anilines is 1. The summed E-state index contributed by atoms with van der Waals surface area (Å²) in [5, 5.41) is 4.52. The predicted molar refractivity (Wildman–Crippen MR) is 96.8 cm³/mol. The minimum atomic E-state index is -0.164. The van der Waals surface area contributed by atoms with E-state index in [1.54, 1.807) is 18.4 Å². The molecule has 1 fully saturated rings. The molecule has 0 aliphatic carbocycles. The molecule has 0 saturated carbocycles. The van der Waals surface area contributed by atoms with Crippen LogP contribution in [0.4, 0.5) is 5.69 Å². The molecule has 1 aliphatic rings. The lowest BCUT2D eigenvalue weighted by atomic mass is 10.0. The Kier molecular flexibility index (Phi) is 5.16. The van der Waals surface area contributed by atoms with E-state index in [0.717, 1.165) is 35.8 Å². The highest BCUT2D eigenvalue weighted by molar-refractivity contribution is 7.11. The van der Waals surface area contributed by atoms with Crippen molar-refractivity contribution in [3.63, 3.8) is 0 Å². The molecule has 6 heteroatoms. The van der Waals surface area contributed by atoms with E-state index in [1.165, 1.54) is 4.88 Å². The van der Waals surface area contributed by atoms with Gasteiger partial charge in [-0.2, -0.15) is 0 Å². The van der Waals surface area contributed by atoms with E-state index < -0.39 is 0 Å². The molecule has 24 heavy (non-hydrogen) atoms. The molecule has 128 valence electrons. The van der Waals surface area contributed by atoms with E-state index >= 15 is 0 Å². The summed E-state index contributed by atoms with van der Waals surface area (Å²) in [5.74, 6) is 0.895. The predicted octanol–water partition coefficient (Wildman–Crippen LogP) is 3.31. The van der Waals surface area contributed by atoms with Crippen LogP contribution in [0.5, 0.6) is 5.75 Å². The van der Waals surface area contributed by atoms with Crippen LogP contribution in [-0.2, 0) is 4.79 Å². The van der Waals surface area contributed by atoms with E-state index in [1.807, 2.05) is 42.3 Å². The number of piperidine rings is 1. The molecule has 2 aromatic rings. The number of thiazole rings is 1. The van der Waals surface area contributed by atoms with Crippen molar-refractivity contribution in [2.75, 3.05) is 18.6 Å². The molecule has 3 rings (SSSR count). The van der Waals surface area contributed by atoms with Crippen molar-refractivity contribution < 1.29 is 9.53 Å². The summed E-state index contributed by atoms with van der Waals surface area (Å²) in [6.45, 7) is 4.83. The molecule has 1 aromatic carbocycles. The van der Waals surface area contributed by atoms with Crippen molar-refractivity contribution in [2.45, 2.75) is 38.8 Å². The summed E-state index contributed by atoms with van der Waals surface area (Å²) in [7, 11) is 1.64. The average molecular weight is 345 g/mol. The molecule has 2 atom stereocenters. The van der Waals surface area contributed by atoms with E-state index in [-0.39, 0.29) is 18.0 Å². The molecule has 1 aromatic heterocycles. The first-order valence-electron chi connectivity index (χ1n) is 8.22. The highest BCUT2D eigenvalue weighted by atomic mass is 32.1. The van der Waals surface area contributed by atoms with Gasteiger partial charge in [0.2, 0.25) is 5.91 Å².